The van der Waals surface area contributed by atoms with Crippen molar-refractivity contribution in [2.45, 2.75) is 20.3 Å². The lowest BCUT2D eigenvalue weighted by molar-refractivity contribution is 0.627. The Bertz CT molecular complexity index is 666. The zero-order chi connectivity index (χ0) is 12.5. The summed E-state index contributed by atoms with van der Waals surface area (Å²) in [5.41, 5.74) is 2.52. The van der Waals surface area contributed by atoms with Gasteiger partial charge in [0.05, 0.1) is 12.0 Å². The van der Waals surface area contributed by atoms with Gasteiger partial charge in [0.2, 0.25) is 0 Å². The number of aromatic nitrogens is 6. The van der Waals surface area contributed by atoms with E-state index >= 15 is 0 Å². The number of hydrogen-bond donors (Lipinski definition) is 1. The van der Waals surface area contributed by atoms with Crippen LogP contribution in [0, 0.1) is 5.92 Å². The van der Waals surface area contributed by atoms with E-state index < -0.39 is 0 Å². The van der Waals surface area contributed by atoms with Gasteiger partial charge in [-0.2, -0.15) is 5.10 Å². The van der Waals surface area contributed by atoms with Crippen LogP contribution in [0.4, 0.5) is 0 Å². The van der Waals surface area contributed by atoms with Crippen LogP contribution in [0.3, 0.4) is 0 Å². The van der Waals surface area contributed by atoms with Crippen LogP contribution >= 0.6 is 0 Å². The molecule has 0 amide bonds. The Morgan fingerprint density at radius 1 is 1.28 bits per heavy atom. The fraction of sp³-hybridized carbons (Fsp3) is 0.333. The van der Waals surface area contributed by atoms with Crippen LogP contribution in [0.15, 0.2) is 24.9 Å². The standard InChI is InChI=1S/C12H14N6/c1-8(2)5-9-3-4-18(17-9)12-10-11(14-6-13-10)15-7-16-12/h3-4,6-8H,5H2,1-2H3,(H,13,14,15,16). The molecule has 0 radical (unpaired) electrons. The molecular formula is C12H14N6. The van der Waals surface area contributed by atoms with Crippen LogP contribution in [0.25, 0.3) is 17.0 Å². The molecule has 92 valence electrons. The first-order valence-electron chi connectivity index (χ1n) is 5.93. The Kier molecular flexibility index (Phi) is 2.55. The van der Waals surface area contributed by atoms with Gasteiger partial charge in [-0.15, -0.1) is 0 Å². The van der Waals surface area contributed by atoms with Gasteiger partial charge >= 0.3 is 0 Å². The van der Waals surface area contributed by atoms with Crippen molar-refractivity contribution >= 4 is 11.2 Å². The second-order valence-corrected chi connectivity index (χ2v) is 4.65. The van der Waals surface area contributed by atoms with Gasteiger partial charge in [0, 0.05) is 6.20 Å². The fourth-order valence-corrected chi connectivity index (χ4v) is 1.93. The molecule has 1 N–H and O–H groups in total. The number of fused-ring (bicyclic) bond motifs is 1. The Labute approximate surface area is 104 Å². The first-order chi connectivity index (χ1) is 8.74. The number of rotatable bonds is 3. The monoisotopic (exact) mass is 242 g/mol. The van der Waals surface area contributed by atoms with Gasteiger partial charge in [-0.25, -0.2) is 19.6 Å². The van der Waals surface area contributed by atoms with E-state index in [0.29, 0.717) is 11.6 Å². The smallest absolute Gasteiger partial charge is 0.182 e. The molecule has 18 heavy (non-hydrogen) atoms. The molecule has 0 saturated carbocycles. The molecule has 3 aromatic heterocycles. The number of hydrogen-bond acceptors (Lipinski definition) is 4. The lowest BCUT2D eigenvalue weighted by atomic mass is 10.1. The molecule has 3 aromatic rings. The van der Waals surface area contributed by atoms with Gasteiger partial charge in [-0.1, -0.05) is 13.8 Å². The lowest BCUT2D eigenvalue weighted by Gasteiger charge is -2.02. The van der Waals surface area contributed by atoms with E-state index in [1.54, 1.807) is 11.0 Å². The summed E-state index contributed by atoms with van der Waals surface area (Å²) in [6, 6.07) is 2.02. The third-order valence-electron chi connectivity index (χ3n) is 2.68. The quantitative estimate of drug-likeness (QED) is 0.759. The number of nitrogens with zero attached hydrogens (tertiary/aromatic N) is 5. The maximum absolute atomic E-state index is 4.53. The molecule has 6 heteroatoms. The van der Waals surface area contributed by atoms with Gasteiger partial charge in [0.1, 0.15) is 11.8 Å². The first kappa shape index (κ1) is 10.9. The zero-order valence-electron chi connectivity index (χ0n) is 10.3. The maximum atomic E-state index is 4.53. The average molecular weight is 242 g/mol. The predicted octanol–water partition coefficient (Wildman–Crippen LogP) is 1.74. The Balaban J connectivity index is 2.04. The summed E-state index contributed by atoms with van der Waals surface area (Å²) >= 11 is 0. The molecule has 0 aromatic carbocycles. The highest BCUT2D eigenvalue weighted by atomic mass is 15.3. The molecule has 0 atom stereocenters. The van der Waals surface area contributed by atoms with E-state index in [1.807, 2.05) is 12.3 Å². The highest BCUT2D eigenvalue weighted by Crippen LogP contribution is 2.14. The summed E-state index contributed by atoms with van der Waals surface area (Å²) in [4.78, 5) is 15.5. The Morgan fingerprint density at radius 3 is 3.00 bits per heavy atom. The van der Waals surface area contributed by atoms with Crippen LogP contribution in [-0.4, -0.2) is 29.7 Å². The normalized spacial score (nSPS) is 11.5. The van der Waals surface area contributed by atoms with Gasteiger partial charge in [-0.3, -0.25) is 0 Å². The summed E-state index contributed by atoms with van der Waals surface area (Å²) in [7, 11) is 0. The van der Waals surface area contributed by atoms with Gasteiger partial charge in [0.15, 0.2) is 11.5 Å². The summed E-state index contributed by atoms with van der Waals surface area (Å²) in [5.74, 6) is 1.32. The summed E-state index contributed by atoms with van der Waals surface area (Å²) < 4.78 is 1.76. The second-order valence-electron chi connectivity index (χ2n) is 4.65. The SMILES string of the molecule is CC(C)Cc1ccn(-c2ncnc3nc[nH]c23)n1. The van der Waals surface area contributed by atoms with Crippen molar-refractivity contribution in [1.82, 2.24) is 29.7 Å². The van der Waals surface area contributed by atoms with Crippen molar-refractivity contribution in [3.05, 3.63) is 30.6 Å². The molecule has 3 rings (SSSR count). The van der Waals surface area contributed by atoms with E-state index in [9.17, 15) is 0 Å². The minimum atomic E-state index is 0.589. The second kappa shape index (κ2) is 4.21. The fourth-order valence-electron chi connectivity index (χ4n) is 1.93. The highest BCUT2D eigenvalue weighted by molar-refractivity contribution is 5.77. The van der Waals surface area contributed by atoms with Crippen LogP contribution in [-0.2, 0) is 6.42 Å². The van der Waals surface area contributed by atoms with Crippen LogP contribution in [0.5, 0.6) is 0 Å². The van der Waals surface area contributed by atoms with Crippen molar-refractivity contribution in [3.8, 4) is 5.82 Å². The predicted molar refractivity (Wildman–Crippen MR) is 67.3 cm³/mol. The molecule has 0 saturated heterocycles. The van der Waals surface area contributed by atoms with Crippen LogP contribution < -0.4 is 0 Å². The van der Waals surface area contributed by atoms with Crippen LogP contribution in [0.2, 0.25) is 0 Å². The number of nitrogens with one attached hydrogen (secondary N) is 1. The van der Waals surface area contributed by atoms with Gasteiger partial charge < -0.3 is 4.98 Å². The average Bonchev–Trinajstić information content (AvgIpc) is 2.95. The van der Waals surface area contributed by atoms with Crippen LogP contribution in [0.1, 0.15) is 19.5 Å². The van der Waals surface area contributed by atoms with Crippen molar-refractivity contribution in [3.63, 3.8) is 0 Å². The third-order valence-corrected chi connectivity index (χ3v) is 2.68. The molecule has 0 aliphatic carbocycles. The summed E-state index contributed by atoms with van der Waals surface area (Å²) in [6.07, 6.45) is 5.99. The van der Waals surface area contributed by atoms with E-state index in [4.69, 9.17) is 0 Å². The molecule has 0 spiro atoms. The Morgan fingerprint density at radius 2 is 2.17 bits per heavy atom. The molecule has 0 aliphatic rings. The third kappa shape index (κ3) is 1.85. The molecule has 6 nitrogen and oxygen atoms in total. The highest BCUT2D eigenvalue weighted by Gasteiger charge is 2.09. The van der Waals surface area contributed by atoms with Crippen molar-refractivity contribution in [2.75, 3.05) is 0 Å². The van der Waals surface area contributed by atoms with E-state index in [0.717, 1.165) is 23.4 Å². The van der Waals surface area contributed by atoms with Gasteiger partial charge in [-0.05, 0) is 18.4 Å². The van der Waals surface area contributed by atoms with Gasteiger partial charge in [0.25, 0.3) is 0 Å². The molecule has 0 fully saturated rings. The minimum Gasteiger partial charge on any atom is -0.340 e. The minimum absolute atomic E-state index is 0.589. The van der Waals surface area contributed by atoms with Crippen molar-refractivity contribution in [2.24, 2.45) is 5.92 Å². The maximum Gasteiger partial charge on any atom is 0.182 e. The van der Waals surface area contributed by atoms with Crippen molar-refractivity contribution in [1.29, 1.82) is 0 Å². The first-order valence-corrected chi connectivity index (χ1v) is 5.93. The van der Waals surface area contributed by atoms with E-state index in [-0.39, 0.29) is 0 Å². The number of H-pyrrole nitrogens is 1. The molecule has 0 unspecified atom stereocenters. The number of aromatic amines is 1. The largest absolute Gasteiger partial charge is 0.340 e. The topological polar surface area (TPSA) is 72.3 Å². The van der Waals surface area contributed by atoms with E-state index in [2.05, 4.69) is 38.9 Å². The lowest BCUT2D eigenvalue weighted by Crippen LogP contribution is -2.02. The number of imidazole rings is 1. The summed E-state index contributed by atoms with van der Waals surface area (Å²) in [6.45, 7) is 4.35. The Hall–Kier alpha value is -2.24. The van der Waals surface area contributed by atoms with Crippen molar-refractivity contribution < 1.29 is 0 Å². The molecule has 0 bridgehead atoms. The molecule has 3 heterocycles. The van der Waals surface area contributed by atoms with E-state index in [1.165, 1.54) is 6.33 Å². The molecular weight excluding hydrogens is 228 g/mol. The summed E-state index contributed by atoms with van der Waals surface area (Å²) in [5, 5.41) is 4.53. The molecule has 0 aliphatic heterocycles. The zero-order valence-corrected chi connectivity index (χ0v) is 10.3.